The van der Waals surface area contributed by atoms with Crippen LogP contribution in [0, 0.1) is 10.2 Å². The third-order valence-corrected chi connectivity index (χ3v) is 4.62. The third kappa shape index (κ3) is 2.26. The van der Waals surface area contributed by atoms with Crippen molar-refractivity contribution in [3.63, 3.8) is 0 Å². The zero-order valence-electron chi connectivity index (χ0n) is 11.0. The van der Waals surface area contributed by atoms with Crippen molar-refractivity contribution in [2.45, 2.75) is 38.9 Å². The van der Waals surface area contributed by atoms with Gasteiger partial charge in [-0.3, -0.25) is 0 Å². The minimum absolute atomic E-state index is 0.288. The van der Waals surface area contributed by atoms with E-state index in [1.54, 1.807) is 0 Å². The highest BCUT2D eigenvalue weighted by atomic mass is 32.1. The summed E-state index contributed by atoms with van der Waals surface area (Å²) >= 11 is 5.26. The van der Waals surface area contributed by atoms with E-state index in [0.29, 0.717) is 10.3 Å². The van der Waals surface area contributed by atoms with Crippen molar-refractivity contribution in [2.75, 3.05) is 0 Å². The molecule has 1 aromatic carbocycles. The molecule has 3 rings (SSSR count). The molecule has 108 valence electrons. The number of aromatic nitrogens is 2. The number of rotatable bonds is 3. The van der Waals surface area contributed by atoms with Crippen LogP contribution in [0.5, 0.6) is 0 Å². The lowest BCUT2D eigenvalue weighted by atomic mass is 10.0. The number of benzene rings is 1. The second-order valence-corrected chi connectivity index (χ2v) is 5.99. The standard InChI is InChI=1S/C14H15F3N2S/c1-2-13(5-6-13)8-19-11-4-3-9(14(15,16)17)7-10(11)18-12(19)20/h3-4,7H,2,5-6,8H2,1H3,(H,18,20). The molecular formula is C14H15F3N2S. The summed E-state index contributed by atoms with van der Waals surface area (Å²) in [5, 5.41) is 0. The van der Waals surface area contributed by atoms with Gasteiger partial charge in [-0.05, 0) is 55.1 Å². The number of hydrogen-bond donors (Lipinski definition) is 1. The maximum Gasteiger partial charge on any atom is 0.416 e. The minimum atomic E-state index is -4.33. The first-order valence-electron chi connectivity index (χ1n) is 6.64. The second-order valence-electron chi connectivity index (χ2n) is 5.60. The predicted octanol–water partition coefficient (Wildman–Crippen LogP) is 4.91. The Morgan fingerprint density at radius 1 is 1.35 bits per heavy atom. The van der Waals surface area contributed by atoms with E-state index in [1.165, 1.54) is 18.9 Å². The fourth-order valence-electron chi connectivity index (χ4n) is 2.63. The van der Waals surface area contributed by atoms with Gasteiger partial charge in [0.25, 0.3) is 0 Å². The van der Waals surface area contributed by atoms with Crippen LogP contribution in [0.1, 0.15) is 31.7 Å². The highest BCUT2D eigenvalue weighted by molar-refractivity contribution is 7.71. The largest absolute Gasteiger partial charge is 0.416 e. The first-order chi connectivity index (χ1) is 9.35. The summed E-state index contributed by atoms with van der Waals surface area (Å²) in [6.45, 7) is 2.93. The number of hydrogen-bond acceptors (Lipinski definition) is 1. The molecule has 1 N–H and O–H groups in total. The second kappa shape index (κ2) is 4.35. The van der Waals surface area contributed by atoms with Crippen LogP contribution < -0.4 is 0 Å². The zero-order chi connectivity index (χ0) is 14.5. The van der Waals surface area contributed by atoms with Gasteiger partial charge >= 0.3 is 6.18 Å². The van der Waals surface area contributed by atoms with E-state index in [1.807, 2.05) is 4.57 Å². The maximum absolute atomic E-state index is 12.7. The third-order valence-electron chi connectivity index (χ3n) is 4.30. The van der Waals surface area contributed by atoms with Crippen LogP contribution in [0.15, 0.2) is 18.2 Å². The van der Waals surface area contributed by atoms with Gasteiger partial charge in [-0.25, -0.2) is 0 Å². The summed E-state index contributed by atoms with van der Waals surface area (Å²) in [7, 11) is 0. The number of H-pyrrole nitrogens is 1. The molecule has 1 aliphatic rings. The van der Waals surface area contributed by atoms with Crippen LogP contribution in [0.2, 0.25) is 0 Å². The van der Waals surface area contributed by atoms with Crippen LogP contribution in [0.4, 0.5) is 13.2 Å². The number of alkyl halides is 3. The van der Waals surface area contributed by atoms with E-state index in [-0.39, 0.29) is 5.41 Å². The van der Waals surface area contributed by atoms with Crippen molar-refractivity contribution < 1.29 is 13.2 Å². The van der Waals surface area contributed by atoms with Crippen molar-refractivity contribution in [1.29, 1.82) is 0 Å². The van der Waals surface area contributed by atoms with E-state index in [0.717, 1.165) is 30.6 Å². The van der Waals surface area contributed by atoms with Crippen molar-refractivity contribution in [2.24, 2.45) is 5.41 Å². The molecule has 0 aliphatic heterocycles. The summed E-state index contributed by atoms with van der Waals surface area (Å²) in [4.78, 5) is 2.89. The molecule has 1 fully saturated rings. The molecule has 0 unspecified atom stereocenters. The molecule has 1 heterocycles. The lowest BCUT2D eigenvalue weighted by Crippen LogP contribution is -2.10. The first-order valence-corrected chi connectivity index (χ1v) is 7.05. The van der Waals surface area contributed by atoms with Crippen LogP contribution in [-0.2, 0) is 12.7 Å². The van der Waals surface area contributed by atoms with E-state index in [9.17, 15) is 13.2 Å². The monoisotopic (exact) mass is 300 g/mol. The normalized spacial score (nSPS) is 17.6. The van der Waals surface area contributed by atoms with Crippen molar-refractivity contribution >= 4 is 23.3 Å². The Morgan fingerprint density at radius 3 is 2.60 bits per heavy atom. The highest BCUT2D eigenvalue weighted by Gasteiger charge is 2.41. The zero-order valence-corrected chi connectivity index (χ0v) is 11.9. The summed E-state index contributed by atoms with van der Waals surface area (Å²) in [6, 6.07) is 3.76. The SMILES string of the molecule is CCC1(Cn2c(=S)[nH]c3cc(C(F)(F)F)ccc32)CC1. The smallest absolute Gasteiger partial charge is 0.331 e. The van der Waals surface area contributed by atoms with Crippen LogP contribution >= 0.6 is 12.2 Å². The van der Waals surface area contributed by atoms with Gasteiger partial charge in [-0.15, -0.1) is 0 Å². The molecule has 0 radical (unpaired) electrons. The fraction of sp³-hybridized carbons (Fsp3) is 0.500. The van der Waals surface area contributed by atoms with Crippen LogP contribution in [0.3, 0.4) is 0 Å². The van der Waals surface area contributed by atoms with Gasteiger partial charge in [-0.2, -0.15) is 13.2 Å². The number of nitrogens with one attached hydrogen (secondary N) is 1. The minimum Gasteiger partial charge on any atom is -0.331 e. The van der Waals surface area contributed by atoms with Gasteiger partial charge in [0.05, 0.1) is 16.6 Å². The first kappa shape index (κ1) is 13.7. The number of fused-ring (bicyclic) bond motifs is 1. The molecule has 2 nitrogen and oxygen atoms in total. The fourth-order valence-corrected chi connectivity index (χ4v) is 2.91. The molecule has 6 heteroatoms. The lowest BCUT2D eigenvalue weighted by Gasteiger charge is -2.14. The molecule has 0 saturated heterocycles. The molecule has 0 spiro atoms. The molecule has 0 amide bonds. The maximum atomic E-state index is 12.7. The van der Waals surface area contributed by atoms with E-state index in [4.69, 9.17) is 12.2 Å². The molecule has 1 aliphatic carbocycles. The molecule has 1 aromatic heterocycles. The highest BCUT2D eigenvalue weighted by Crippen LogP contribution is 2.50. The van der Waals surface area contributed by atoms with E-state index in [2.05, 4.69) is 11.9 Å². The lowest BCUT2D eigenvalue weighted by molar-refractivity contribution is -0.137. The predicted molar refractivity (Wildman–Crippen MR) is 74.1 cm³/mol. The molecule has 0 bridgehead atoms. The Bertz CT molecular complexity index is 707. The Labute approximate surface area is 119 Å². The molecule has 2 aromatic rings. The van der Waals surface area contributed by atoms with Crippen molar-refractivity contribution in [3.8, 4) is 0 Å². The van der Waals surface area contributed by atoms with Gasteiger partial charge in [0.1, 0.15) is 0 Å². The van der Waals surface area contributed by atoms with Crippen molar-refractivity contribution in [1.82, 2.24) is 9.55 Å². The average molecular weight is 300 g/mol. The molecule has 1 saturated carbocycles. The Kier molecular flexibility index (Phi) is 2.97. The van der Waals surface area contributed by atoms with Gasteiger partial charge in [0, 0.05) is 6.54 Å². The molecule has 20 heavy (non-hydrogen) atoms. The summed E-state index contributed by atoms with van der Waals surface area (Å²) in [5.41, 5.74) is 0.847. The van der Waals surface area contributed by atoms with Gasteiger partial charge < -0.3 is 9.55 Å². The van der Waals surface area contributed by atoms with Gasteiger partial charge in [-0.1, -0.05) is 6.92 Å². The average Bonchev–Trinajstić information content (AvgIpc) is 3.09. The van der Waals surface area contributed by atoms with Crippen LogP contribution in [-0.4, -0.2) is 9.55 Å². The molecular weight excluding hydrogens is 285 g/mol. The van der Waals surface area contributed by atoms with Gasteiger partial charge in [0.2, 0.25) is 0 Å². The van der Waals surface area contributed by atoms with Gasteiger partial charge in [0.15, 0.2) is 4.77 Å². The number of aromatic amines is 1. The van der Waals surface area contributed by atoms with Crippen LogP contribution in [0.25, 0.3) is 11.0 Å². The molecule has 0 atom stereocenters. The summed E-state index contributed by atoms with van der Waals surface area (Å²) in [5.74, 6) is 0. The summed E-state index contributed by atoms with van der Waals surface area (Å²) in [6.07, 6.45) is -0.924. The van der Waals surface area contributed by atoms with Crippen molar-refractivity contribution in [3.05, 3.63) is 28.5 Å². The Balaban J connectivity index is 2.06. The summed E-state index contributed by atoms with van der Waals surface area (Å²) < 4.78 is 40.6. The van der Waals surface area contributed by atoms with E-state index < -0.39 is 11.7 Å². The number of imidazole rings is 1. The quantitative estimate of drug-likeness (QED) is 0.799. The number of nitrogens with zero attached hydrogens (tertiary/aromatic N) is 1. The Morgan fingerprint density at radius 2 is 2.05 bits per heavy atom. The van der Waals surface area contributed by atoms with E-state index >= 15 is 0 Å². The Hall–Kier alpha value is -1.30. The topological polar surface area (TPSA) is 20.7 Å². The number of halogens is 3.